The lowest BCUT2D eigenvalue weighted by Gasteiger charge is -2.24. The van der Waals surface area contributed by atoms with Gasteiger partial charge >= 0.3 is 0 Å². The van der Waals surface area contributed by atoms with Gasteiger partial charge in [0.2, 0.25) is 11.8 Å². The summed E-state index contributed by atoms with van der Waals surface area (Å²) < 4.78 is 1.60. The molecule has 1 aliphatic rings. The second kappa shape index (κ2) is 7.41. The highest BCUT2D eigenvalue weighted by molar-refractivity contribution is 5.97. The van der Waals surface area contributed by atoms with Crippen molar-refractivity contribution < 1.29 is 9.59 Å². The summed E-state index contributed by atoms with van der Waals surface area (Å²) >= 11 is 0. The van der Waals surface area contributed by atoms with Crippen LogP contribution in [0.25, 0.3) is 5.82 Å². The van der Waals surface area contributed by atoms with E-state index in [9.17, 15) is 9.59 Å². The molecule has 3 aromatic rings. The standard InChI is InChI=1S/C20H19N5O2/c26-18(23-17-7-3-10-21-19(17)25-12-4-11-22-25)9-8-15-13-14-5-1-2-6-16(14)24-20(15)27/h1-7,10-12,15H,8-9,13H2,(H,23,26)(H,24,27). The highest BCUT2D eigenvalue weighted by atomic mass is 16.2. The Morgan fingerprint density at radius 3 is 2.93 bits per heavy atom. The van der Waals surface area contributed by atoms with Crippen molar-refractivity contribution in [1.29, 1.82) is 0 Å². The quantitative estimate of drug-likeness (QED) is 0.731. The summed E-state index contributed by atoms with van der Waals surface area (Å²) in [7, 11) is 0. The molecule has 2 N–H and O–H groups in total. The van der Waals surface area contributed by atoms with Crippen molar-refractivity contribution in [3.05, 3.63) is 66.6 Å². The first-order valence-electron chi connectivity index (χ1n) is 8.84. The molecule has 0 bridgehead atoms. The maximum Gasteiger partial charge on any atom is 0.227 e. The number of para-hydroxylation sites is 1. The fourth-order valence-corrected chi connectivity index (χ4v) is 3.24. The topological polar surface area (TPSA) is 88.9 Å². The van der Waals surface area contributed by atoms with E-state index in [4.69, 9.17) is 0 Å². The molecule has 0 fully saturated rings. The predicted molar refractivity (Wildman–Crippen MR) is 101 cm³/mol. The van der Waals surface area contributed by atoms with Crippen LogP contribution in [0.2, 0.25) is 0 Å². The van der Waals surface area contributed by atoms with Crippen molar-refractivity contribution in [3.8, 4) is 5.82 Å². The third-order valence-corrected chi connectivity index (χ3v) is 4.61. The number of aromatic nitrogens is 3. The van der Waals surface area contributed by atoms with Crippen LogP contribution in [0.15, 0.2) is 61.1 Å². The average Bonchev–Trinajstić information content (AvgIpc) is 3.21. The molecule has 1 atom stereocenters. The van der Waals surface area contributed by atoms with E-state index < -0.39 is 0 Å². The zero-order valence-electron chi connectivity index (χ0n) is 14.6. The van der Waals surface area contributed by atoms with Crippen LogP contribution < -0.4 is 10.6 Å². The summed E-state index contributed by atoms with van der Waals surface area (Å²) in [5.41, 5.74) is 2.56. The largest absolute Gasteiger partial charge is 0.326 e. The number of benzene rings is 1. The van der Waals surface area contributed by atoms with Crippen molar-refractivity contribution in [1.82, 2.24) is 14.8 Å². The Labute approximate surface area is 156 Å². The Morgan fingerprint density at radius 2 is 2.07 bits per heavy atom. The molecule has 0 aliphatic carbocycles. The second-order valence-electron chi connectivity index (χ2n) is 6.46. The fraction of sp³-hybridized carbons (Fsp3) is 0.200. The molecule has 1 aromatic carbocycles. The number of rotatable bonds is 5. The number of carbonyl (C=O) groups is 2. The molecule has 7 heteroatoms. The first kappa shape index (κ1) is 17.0. The highest BCUT2D eigenvalue weighted by Gasteiger charge is 2.26. The first-order valence-corrected chi connectivity index (χ1v) is 8.84. The summed E-state index contributed by atoms with van der Waals surface area (Å²) in [6, 6.07) is 13.1. The minimum absolute atomic E-state index is 0.0277. The van der Waals surface area contributed by atoms with Gasteiger partial charge in [-0.1, -0.05) is 18.2 Å². The van der Waals surface area contributed by atoms with E-state index in [2.05, 4.69) is 20.7 Å². The maximum atomic E-state index is 12.4. The van der Waals surface area contributed by atoms with Crippen LogP contribution in [-0.4, -0.2) is 26.6 Å². The fourth-order valence-electron chi connectivity index (χ4n) is 3.24. The summed E-state index contributed by atoms with van der Waals surface area (Å²) in [5.74, 6) is 0.175. The van der Waals surface area contributed by atoms with Gasteiger partial charge in [-0.2, -0.15) is 5.10 Å². The zero-order chi connectivity index (χ0) is 18.6. The van der Waals surface area contributed by atoms with Crippen LogP contribution in [-0.2, 0) is 16.0 Å². The lowest BCUT2D eigenvalue weighted by atomic mass is 9.89. The van der Waals surface area contributed by atoms with Gasteiger partial charge in [-0.25, -0.2) is 9.67 Å². The second-order valence-corrected chi connectivity index (χ2v) is 6.46. The maximum absolute atomic E-state index is 12.4. The third kappa shape index (κ3) is 3.72. The third-order valence-electron chi connectivity index (χ3n) is 4.61. The van der Waals surface area contributed by atoms with E-state index in [0.717, 1.165) is 11.3 Å². The minimum Gasteiger partial charge on any atom is -0.326 e. The monoisotopic (exact) mass is 361 g/mol. The Kier molecular flexibility index (Phi) is 4.65. The Morgan fingerprint density at radius 1 is 1.19 bits per heavy atom. The van der Waals surface area contributed by atoms with Gasteiger partial charge in [-0.05, 0) is 42.7 Å². The van der Waals surface area contributed by atoms with Crippen LogP contribution in [0.3, 0.4) is 0 Å². The van der Waals surface area contributed by atoms with Crippen molar-refractivity contribution in [2.75, 3.05) is 10.6 Å². The highest BCUT2D eigenvalue weighted by Crippen LogP contribution is 2.27. The van der Waals surface area contributed by atoms with Gasteiger partial charge in [0.05, 0.1) is 5.69 Å². The van der Waals surface area contributed by atoms with E-state index in [-0.39, 0.29) is 24.2 Å². The van der Waals surface area contributed by atoms with Crippen LogP contribution in [0, 0.1) is 5.92 Å². The number of amides is 2. The number of anilines is 2. The van der Waals surface area contributed by atoms with Crippen molar-refractivity contribution >= 4 is 23.2 Å². The summed E-state index contributed by atoms with van der Waals surface area (Å²) in [5, 5.41) is 9.95. The zero-order valence-corrected chi connectivity index (χ0v) is 14.6. The van der Waals surface area contributed by atoms with Gasteiger partial charge in [0.1, 0.15) is 0 Å². The Balaban J connectivity index is 1.39. The van der Waals surface area contributed by atoms with Gasteiger partial charge in [0.15, 0.2) is 5.82 Å². The van der Waals surface area contributed by atoms with Gasteiger partial charge in [0.25, 0.3) is 0 Å². The van der Waals surface area contributed by atoms with E-state index in [0.29, 0.717) is 24.3 Å². The van der Waals surface area contributed by atoms with Gasteiger partial charge in [-0.3, -0.25) is 9.59 Å². The normalized spacial score (nSPS) is 15.7. The van der Waals surface area contributed by atoms with E-state index in [1.165, 1.54) is 0 Å². The predicted octanol–water partition coefficient (Wildman–Crippen LogP) is 2.80. The van der Waals surface area contributed by atoms with Crippen LogP contribution in [0.5, 0.6) is 0 Å². The molecule has 4 rings (SSSR count). The molecule has 136 valence electrons. The first-order chi connectivity index (χ1) is 13.2. The number of nitrogens with zero attached hydrogens (tertiary/aromatic N) is 3. The molecule has 0 saturated carbocycles. The Hall–Kier alpha value is -3.48. The number of hydrogen-bond acceptors (Lipinski definition) is 4. The average molecular weight is 361 g/mol. The number of pyridine rings is 1. The molecule has 0 saturated heterocycles. The van der Waals surface area contributed by atoms with Gasteiger partial charge in [0, 0.05) is 36.6 Å². The SMILES string of the molecule is O=C(CCC1Cc2ccccc2NC1=O)Nc1cccnc1-n1cccn1. The molecule has 3 heterocycles. The lowest BCUT2D eigenvalue weighted by Crippen LogP contribution is -2.30. The minimum atomic E-state index is -0.204. The lowest BCUT2D eigenvalue weighted by molar-refractivity contribution is -0.121. The molecule has 0 spiro atoms. The molecule has 2 amide bonds. The Bertz CT molecular complexity index is 968. The number of hydrogen-bond donors (Lipinski definition) is 2. The van der Waals surface area contributed by atoms with Crippen molar-refractivity contribution in [2.24, 2.45) is 5.92 Å². The molecular formula is C20H19N5O2. The number of carbonyl (C=O) groups excluding carboxylic acids is 2. The van der Waals surface area contributed by atoms with Gasteiger partial charge in [-0.15, -0.1) is 0 Å². The molecule has 0 radical (unpaired) electrons. The molecule has 2 aromatic heterocycles. The molecule has 7 nitrogen and oxygen atoms in total. The van der Waals surface area contributed by atoms with Crippen LogP contribution in [0.1, 0.15) is 18.4 Å². The summed E-state index contributed by atoms with van der Waals surface area (Å²) in [4.78, 5) is 29.0. The smallest absolute Gasteiger partial charge is 0.227 e. The number of nitrogens with one attached hydrogen (secondary N) is 2. The molecule has 1 aliphatic heterocycles. The van der Waals surface area contributed by atoms with Crippen molar-refractivity contribution in [3.63, 3.8) is 0 Å². The summed E-state index contributed by atoms with van der Waals surface area (Å²) in [6.45, 7) is 0. The summed E-state index contributed by atoms with van der Waals surface area (Å²) in [6.07, 6.45) is 6.47. The molecular weight excluding hydrogens is 342 g/mol. The van der Waals surface area contributed by atoms with Gasteiger partial charge < -0.3 is 10.6 Å². The molecule has 27 heavy (non-hydrogen) atoms. The number of fused-ring (bicyclic) bond motifs is 1. The van der Waals surface area contributed by atoms with E-state index >= 15 is 0 Å². The van der Waals surface area contributed by atoms with E-state index in [1.807, 2.05) is 24.3 Å². The van der Waals surface area contributed by atoms with E-state index in [1.54, 1.807) is 41.5 Å². The molecule has 1 unspecified atom stereocenters. The van der Waals surface area contributed by atoms with Crippen LogP contribution in [0.4, 0.5) is 11.4 Å². The van der Waals surface area contributed by atoms with Crippen molar-refractivity contribution in [2.45, 2.75) is 19.3 Å². The van der Waals surface area contributed by atoms with Crippen LogP contribution >= 0.6 is 0 Å².